The highest BCUT2D eigenvalue weighted by atomic mass is 14.9. The monoisotopic (exact) mass is 173 g/mol. The van der Waals surface area contributed by atoms with Gasteiger partial charge in [-0.05, 0) is 17.7 Å². The molecule has 0 aliphatic rings. The number of hydrogen-bond donors (Lipinski definition) is 0. The highest BCUT2D eigenvalue weighted by molar-refractivity contribution is 5.08. The minimum absolute atomic E-state index is 0.952. The number of aryl methyl sites for hydroxylation is 1. The van der Waals surface area contributed by atoms with E-state index in [9.17, 15) is 0 Å². The van der Waals surface area contributed by atoms with Crippen molar-refractivity contribution in [2.75, 3.05) is 0 Å². The molecule has 2 heteroatoms. The molecule has 2 rings (SSSR count). The molecule has 0 atom stereocenters. The molecule has 0 amide bonds. The largest absolute Gasteiger partial charge is 0.350 e. The summed E-state index contributed by atoms with van der Waals surface area (Å²) >= 11 is 0. The van der Waals surface area contributed by atoms with Crippen LogP contribution < -0.4 is 4.57 Å². The zero-order valence-electron chi connectivity index (χ0n) is 7.72. The number of nitrogens with zero attached hydrogens (tertiary/aromatic N) is 2. The maximum atomic E-state index is 2.16. The van der Waals surface area contributed by atoms with Crippen LogP contribution in [-0.4, -0.2) is 4.57 Å². The van der Waals surface area contributed by atoms with Crippen LogP contribution in [0.25, 0.3) is 0 Å². The van der Waals surface area contributed by atoms with Gasteiger partial charge in [-0.3, -0.25) is 0 Å². The van der Waals surface area contributed by atoms with Crippen molar-refractivity contribution >= 4 is 0 Å². The normalized spacial score (nSPS) is 10.2. The predicted molar refractivity (Wildman–Crippen MR) is 51.2 cm³/mol. The lowest BCUT2D eigenvalue weighted by atomic mass is 10.3. The van der Waals surface area contributed by atoms with E-state index >= 15 is 0 Å². The van der Waals surface area contributed by atoms with Gasteiger partial charge in [0, 0.05) is 31.1 Å². The third-order valence-corrected chi connectivity index (χ3v) is 2.08. The molecule has 2 aromatic heterocycles. The first-order valence-electron chi connectivity index (χ1n) is 4.39. The minimum Gasteiger partial charge on any atom is -0.350 e. The highest BCUT2D eigenvalue weighted by Crippen LogP contribution is 1.99. The van der Waals surface area contributed by atoms with Crippen molar-refractivity contribution < 1.29 is 4.57 Å². The number of rotatable bonds is 2. The van der Waals surface area contributed by atoms with Gasteiger partial charge in [-0.1, -0.05) is 0 Å². The average Bonchev–Trinajstić information content (AvgIpc) is 2.62. The van der Waals surface area contributed by atoms with Crippen molar-refractivity contribution in [2.45, 2.75) is 6.54 Å². The molecular formula is C11H13N2+. The smallest absolute Gasteiger partial charge is 0.168 e. The molecule has 2 heterocycles. The van der Waals surface area contributed by atoms with E-state index in [0.29, 0.717) is 0 Å². The van der Waals surface area contributed by atoms with Gasteiger partial charge in [0.15, 0.2) is 12.4 Å². The summed E-state index contributed by atoms with van der Waals surface area (Å²) in [7, 11) is 2.03. The van der Waals surface area contributed by atoms with Crippen LogP contribution in [0.5, 0.6) is 0 Å². The van der Waals surface area contributed by atoms with Crippen LogP contribution in [0.15, 0.2) is 49.1 Å². The Labute approximate surface area is 78.1 Å². The van der Waals surface area contributed by atoms with Crippen molar-refractivity contribution in [2.24, 2.45) is 7.05 Å². The molecule has 0 saturated carbocycles. The summed E-state index contributed by atoms with van der Waals surface area (Å²) in [6, 6.07) is 8.37. The zero-order valence-corrected chi connectivity index (χ0v) is 7.72. The number of pyridine rings is 1. The fourth-order valence-electron chi connectivity index (χ4n) is 1.32. The molecular weight excluding hydrogens is 160 g/mol. The summed E-state index contributed by atoms with van der Waals surface area (Å²) in [6.45, 7) is 0.952. The van der Waals surface area contributed by atoms with Crippen LogP contribution in [-0.2, 0) is 13.6 Å². The molecule has 0 N–H and O–H groups in total. The topological polar surface area (TPSA) is 8.81 Å². The molecule has 0 fully saturated rings. The van der Waals surface area contributed by atoms with Crippen molar-refractivity contribution in [1.29, 1.82) is 0 Å². The second-order valence-electron chi connectivity index (χ2n) is 3.23. The van der Waals surface area contributed by atoms with E-state index in [4.69, 9.17) is 0 Å². The molecule has 0 radical (unpaired) electrons. The van der Waals surface area contributed by atoms with E-state index in [0.717, 1.165) is 6.54 Å². The Kier molecular flexibility index (Phi) is 2.13. The van der Waals surface area contributed by atoms with E-state index in [1.807, 2.05) is 23.7 Å². The van der Waals surface area contributed by atoms with Gasteiger partial charge in [-0.2, -0.15) is 0 Å². The molecule has 0 aliphatic carbocycles. The summed E-state index contributed by atoms with van der Waals surface area (Å²) in [6.07, 6.45) is 8.29. The Hall–Kier alpha value is -1.57. The molecule has 0 bridgehead atoms. The Morgan fingerprint density at radius 3 is 2.38 bits per heavy atom. The predicted octanol–water partition coefficient (Wildman–Crippen LogP) is 1.36. The van der Waals surface area contributed by atoms with Gasteiger partial charge in [0.25, 0.3) is 0 Å². The van der Waals surface area contributed by atoms with Gasteiger partial charge in [-0.25, -0.2) is 4.57 Å². The summed E-state index contributed by atoms with van der Waals surface area (Å²) in [5.74, 6) is 0. The third kappa shape index (κ3) is 1.96. The third-order valence-electron chi connectivity index (χ3n) is 2.08. The molecule has 0 aromatic carbocycles. The van der Waals surface area contributed by atoms with Gasteiger partial charge in [0.1, 0.15) is 7.05 Å². The maximum Gasteiger partial charge on any atom is 0.168 e. The first-order valence-corrected chi connectivity index (χ1v) is 4.39. The van der Waals surface area contributed by atoms with Gasteiger partial charge in [0.2, 0.25) is 0 Å². The average molecular weight is 173 g/mol. The molecule has 0 unspecified atom stereocenters. The number of hydrogen-bond acceptors (Lipinski definition) is 0. The van der Waals surface area contributed by atoms with Crippen LogP contribution in [0.1, 0.15) is 5.56 Å². The first-order chi connectivity index (χ1) is 6.34. The minimum atomic E-state index is 0.952. The Balaban J connectivity index is 2.15. The Morgan fingerprint density at radius 2 is 1.77 bits per heavy atom. The lowest BCUT2D eigenvalue weighted by Gasteiger charge is -2.00. The second-order valence-corrected chi connectivity index (χ2v) is 3.23. The van der Waals surface area contributed by atoms with Crippen molar-refractivity contribution in [3.8, 4) is 0 Å². The molecule has 2 nitrogen and oxygen atoms in total. The first kappa shape index (κ1) is 8.05. The lowest BCUT2D eigenvalue weighted by molar-refractivity contribution is -0.671. The van der Waals surface area contributed by atoms with E-state index in [2.05, 4.69) is 41.5 Å². The zero-order chi connectivity index (χ0) is 9.10. The molecule has 0 spiro atoms. The molecule has 0 saturated heterocycles. The van der Waals surface area contributed by atoms with Crippen LogP contribution in [0.3, 0.4) is 0 Å². The second kappa shape index (κ2) is 3.44. The van der Waals surface area contributed by atoms with Crippen LogP contribution in [0.2, 0.25) is 0 Å². The van der Waals surface area contributed by atoms with Crippen molar-refractivity contribution in [3.63, 3.8) is 0 Å². The summed E-state index contributed by atoms with van der Waals surface area (Å²) in [4.78, 5) is 0. The van der Waals surface area contributed by atoms with Gasteiger partial charge in [0.05, 0.1) is 0 Å². The molecule has 2 aromatic rings. The van der Waals surface area contributed by atoms with Gasteiger partial charge < -0.3 is 4.57 Å². The highest BCUT2D eigenvalue weighted by Gasteiger charge is 1.95. The fourth-order valence-corrected chi connectivity index (χ4v) is 1.32. The molecule has 66 valence electrons. The maximum absolute atomic E-state index is 2.16. The SMILES string of the molecule is C[n+]1ccc(Cn2cccc2)cc1. The lowest BCUT2D eigenvalue weighted by Crippen LogP contribution is -2.26. The van der Waals surface area contributed by atoms with Gasteiger partial charge in [-0.15, -0.1) is 0 Å². The Bertz CT molecular complexity index is 359. The van der Waals surface area contributed by atoms with Crippen LogP contribution in [0.4, 0.5) is 0 Å². The molecule has 0 aliphatic heterocycles. The summed E-state index contributed by atoms with van der Waals surface area (Å²) in [5.41, 5.74) is 1.33. The standard InChI is InChI=1S/C11H13N2/c1-12-8-4-11(5-9-12)10-13-6-2-3-7-13/h2-9H,10H2,1H3/q+1. The number of aromatic nitrogens is 2. The van der Waals surface area contributed by atoms with E-state index in [1.54, 1.807) is 0 Å². The van der Waals surface area contributed by atoms with E-state index in [-0.39, 0.29) is 0 Å². The quantitative estimate of drug-likeness (QED) is 0.606. The van der Waals surface area contributed by atoms with Crippen molar-refractivity contribution in [1.82, 2.24) is 4.57 Å². The fraction of sp³-hybridized carbons (Fsp3) is 0.182. The van der Waals surface area contributed by atoms with E-state index < -0.39 is 0 Å². The Morgan fingerprint density at radius 1 is 1.15 bits per heavy atom. The van der Waals surface area contributed by atoms with Crippen LogP contribution >= 0.6 is 0 Å². The van der Waals surface area contributed by atoms with Crippen LogP contribution in [0, 0.1) is 0 Å². The van der Waals surface area contributed by atoms with Gasteiger partial charge >= 0.3 is 0 Å². The van der Waals surface area contributed by atoms with Crippen molar-refractivity contribution in [3.05, 3.63) is 54.6 Å². The summed E-state index contributed by atoms with van der Waals surface area (Å²) < 4.78 is 4.20. The van der Waals surface area contributed by atoms with E-state index in [1.165, 1.54) is 5.56 Å². The summed E-state index contributed by atoms with van der Waals surface area (Å²) in [5, 5.41) is 0. The molecule has 13 heavy (non-hydrogen) atoms.